The minimum Gasteiger partial charge on any atom is -0.380 e. The van der Waals surface area contributed by atoms with E-state index in [-0.39, 0.29) is 11.3 Å². The minimum atomic E-state index is -0.942. The number of likely N-dealkylation sites (tertiary alicyclic amines) is 1. The average Bonchev–Trinajstić information content (AvgIpc) is 3.02. The molecule has 0 aromatic heterocycles. The molecule has 1 saturated heterocycles. The summed E-state index contributed by atoms with van der Waals surface area (Å²) in [6, 6.07) is 26.0. The van der Waals surface area contributed by atoms with E-state index in [0.717, 1.165) is 61.2 Å². The molecule has 0 spiro atoms. The van der Waals surface area contributed by atoms with Gasteiger partial charge in [-0.2, -0.15) is 0 Å². The molecule has 5 rings (SSSR count). The lowest BCUT2D eigenvalue weighted by Crippen LogP contribution is -2.45. The fraction of sp³-hybridized carbons (Fsp3) is 0.412. The molecule has 1 aliphatic heterocycles. The Morgan fingerprint density at radius 1 is 0.778 bits per heavy atom. The van der Waals surface area contributed by atoms with Crippen LogP contribution >= 0.6 is 0 Å². The predicted molar refractivity (Wildman–Crippen MR) is 152 cm³/mol. The normalized spacial score (nSPS) is 17.9. The Morgan fingerprint density at radius 2 is 1.33 bits per heavy atom. The number of rotatable bonds is 6. The molecule has 0 radical (unpaired) electrons. The van der Waals surface area contributed by atoms with Gasteiger partial charge < -0.3 is 10.0 Å². The highest BCUT2D eigenvalue weighted by Gasteiger charge is 2.44. The highest BCUT2D eigenvalue weighted by Crippen LogP contribution is 2.46. The van der Waals surface area contributed by atoms with Crippen LogP contribution in [-0.4, -0.2) is 29.6 Å². The Labute approximate surface area is 217 Å². The van der Waals surface area contributed by atoms with Crippen LogP contribution in [0, 0.1) is 5.92 Å². The summed E-state index contributed by atoms with van der Waals surface area (Å²) in [5, 5.41) is 12.4. The van der Waals surface area contributed by atoms with E-state index in [4.69, 9.17) is 0 Å². The smallest absolute Gasteiger partial charge is 0.119 e. The first-order chi connectivity index (χ1) is 17.4. The number of benzene rings is 3. The van der Waals surface area contributed by atoms with E-state index >= 15 is 0 Å². The van der Waals surface area contributed by atoms with Crippen LogP contribution in [-0.2, 0) is 17.4 Å². The van der Waals surface area contributed by atoms with Crippen molar-refractivity contribution in [3.05, 3.63) is 106 Å². The second kappa shape index (κ2) is 10.4. The molecule has 1 heterocycles. The van der Waals surface area contributed by atoms with Crippen LogP contribution in [0.5, 0.6) is 0 Å². The van der Waals surface area contributed by atoms with Gasteiger partial charge in [0, 0.05) is 0 Å². The van der Waals surface area contributed by atoms with E-state index in [1.807, 2.05) is 0 Å². The average molecular weight is 480 g/mol. The van der Waals surface area contributed by atoms with E-state index in [1.54, 1.807) is 0 Å². The quantitative estimate of drug-likeness (QED) is 0.371. The van der Waals surface area contributed by atoms with E-state index in [9.17, 15) is 5.11 Å². The van der Waals surface area contributed by atoms with Crippen LogP contribution in [0.25, 0.3) is 12.2 Å². The Hall–Kier alpha value is -2.68. The number of hydrogen-bond donors (Lipinski definition) is 1. The largest absolute Gasteiger partial charge is 0.380 e. The van der Waals surface area contributed by atoms with E-state index in [2.05, 4.69) is 111 Å². The number of aliphatic hydroxyl groups is 1. The Kier molecular flexibility index (Phi) is 7.19. The van der Waals surface area contributed by atoms with Crippen molar-refractivity contribution >= 4 is 12.2 Å². The molecule has 0 unspecified atom stereocenters. The van der Waals surface area contributed by atoms with Crippen molar-refractivity contribution in [2.75, 3.05) is 19.6 Å². The Balaban J connectivity index is 1.19. The highest BCUT2D eigenvalue weighted by molar-refractivity contribution is 5.77. The van der Waals surface area contributed by atoms with Crippen LogP contribution in [0.3, 0.4) is 0 Å². The molecule has 36 heavy (non-hydrogen) atoms. The predicted octanol–water partition coefficient (Wildman–Crippen LogP) is 7.44. The summed E-state index contributed by atoms with van der Waals surface area (Å²) in [6.07, 6.45) is 9.98. The van der Waals surface area contributed by atoms with Crippen molar-refractivity contribution in [1.82, 2.24) is 4.90 Å². The summed E-state index contributed by atoms with van der Waals surface area (Å²) in [6.45, 7) is 10.1. The van der Waals surface area contributed by atoms with Gasteiger partial charge in [0.25, 0.3) is 0 Å². The maximum Gasteiger partial charge on any atom is 0.119 e. The zero-order chi connectivity index (χ0) is 25.2. The molecule has 188 valence electrons. The zero-order valence-corrected chi connectivity index (χ0v) is 22.2. The summed E-state index contributed by atoms with van der Waals surface area (Å²) in [4.78, 5) is 2.61. The van der Waals surface area contributed by atoms with Crippen LogP contribution in [0.4, 0.5) is 0 Å². The van der Waals surface area contributed by atoms with Crippen molar-refractivity contribution in [3.8, 4) is 0 Å². The molecule has 0 bridgehead atoms. The second-order valence-corrected chi connectivity index (χ2v) is 11.8. The first-order valence-electron chi connectivity index (χ1n) is 13.8. The maximum atomic E-state index is 12.4. The van der Waals surface area contributed by atoms with Gasteiger partial charge in [-0.05, 0) is 96.5 Å². The van der Waals surface area contributed by atoms with Crippen molar-refractivity contribution in [1.29, 1.82) is 0 Å². The van der Waals surface area contributed by atoms with Gasteiger partial charge in [0.05, 0.1) is 0 Å². The molecular formula is C34H41NO. The molecule has 1 aliphatic carbocycles. The third kappa shape index (κ3) is 5.08. The van der Waals surface area contributed by atoms with Crippen LogP contribution in [0.1, 0.15) is 79.8 Å². The summed E-state index contributed by atoms with van der Waals surface area (Å²) in [7, 11) is 0. The van der Waals surface area contributed by atoms with Crippen molar-refractivity contribution in [2.45, 2.75) is 63.9 Å². The summed E-state index contributed by atoms with van der Waals surface area (Å²) in [5.74, 6) is 0.220. The SMILES string of the molecule is CC(C)(C)c1ccc(CCCCN2CCC(C3(O)c4ccccc4C=Cc4ccccc43)CC2)cc1. The van der Waals surface area contributed by atoms with Gasteiger partial charge in [0.15, 0.2) is 0 Å². The lowest BCUT2D eigenvalue weighted by atomic mass is 9.70. The van der Waals surface area contributed by atoms with Gasteiger partial charge in [-0.15, -0.1) is 0 Å². The van der Waals surface area contributed by atoms with Crippen molar-refractivity contribution in [2.24, 2.45) is 5.92 Å². The summed E-state index contributed by atoms with van der Waals surface area (Å²) in [5.41, 5.74) is 6.51. The molecule has 2 nitrogen and oxygen atoms in total. The van der Waals surface area contributed by atoms with E-state index < -0.39 is 5.60 Å². The second-order valence-electron chi connectivity index (χ2n) is 11.8. The van der Waals surface area contributed by atoms with Crippen molar-refractivity contribution in [3.63, 3.8) is 0 Å². The molecule has 2 heteroatoms. The third-order valence-electron chi connectivity index (χ3n) is 8.37. The highest BCUT2D eigenvalue weighted by atomic mass is 16.3. The zero-order valence-electron chi connectivity index (χ0n) is 22.2. The first-order valence-corrected chi connectivity index (χ1v) is 13.8. The Bertz CT molecular complexity index is 1140. The van der Waals surface area contributed by atoms with Gasteiger partial charge in [-0.3, -0.25) is 0 Å². The van der Waals surface area contributed by atoms with Gasteiger partial charge in [0.2, 0.25) is 0 Å². The molecule has 0 saturated carbocycles. The first kappa shape index (κ1) is 25.0. The standard InChI is InChI=1S/C34H41NO/c1-33(2,3)29-19-15-26(16-20-29)10-8-9-23-35-24-21-30(22-25-35)34(36)31-13-6-4-11-27(31)17-18-28-12-5-7-14-32(28)34/h4-7,11-20,30,36H,8-10,21-25H2,1-3H3. The molecule has 2 aliphatic rings. The molecule has 1 fully saturated rings. The monoisotopic (exact) mass is 479 g/mol. The van der Waals surface area contributed by atoms with Crippen molar-refractivity contribution < 1.29 is 5.11 Å². The molecule has 1 N–H and O–H groups in total. The van der Waals surface area contributed by atoms with E-state index in [1.165, 1.54) is 24.0 Å². The maximum absolute atomic E-state index is 12.4. The Morgan fingerprint density at radius 3 is 1.89 bits per heavy atom. The lowest BCUT2D eigenvalue weighted by Gasteiger charge is -2.43. The van der Waals surface area contributed by atoms with Gasteiger partial charge >= 0.3 is 0 Å². The van der Waals surface area contributed by atoms with E-state index in [0.29, 0.717) is 0 Å². The summed E-state index contributed by atoms with van der Waals surface area (Å²) >= 11 is 0. The number of piperidine rings is 1. The van der Waals surface area contributed by atoms with Gasteiger partial charge in [0.1, 0.15) is 5.60 Å². The van der Waals surface area contributed by atoms with Crippen LogP contribution in [0.2, 0.25) is 0 Å². The lowest BCUT2D eigenvalue weighted by molar-refractivity contribution is -0.0144. The van der Waals surface area contributed by atoms with Gasteiger partial charge in [-0.1, -0.05) is 106 Å². The molecule has 0 atom stereocenters. The number of nitrogens with zero attached hydrogens (tertiary/aromatic N) is 1. The summed E-state index contributed by atoms with van der Waals surface area (Å²) < 4.78 is 0. The number of unbranched alkanes of at least 4 members (excludes halogenated alkanes) is 1. The van der Waals surface area contributed by atoms with Crippen LogP contribution in [0.15, 0.2) is 72.8 Å². The number of hydrogen-bond acceptors (Lipinski definition) is 2. The molecule has 3 aromatic rings. The molecular weight excluding hydrogens is 438 g/mol. The fourth-order valence-corrected chi connectivity index (χ4v) is 6.15. The fourth-order valence-electron chi connectivity index (χ4n) is 6.15. The van der Waals surface area contributed by atoms with Crippen LogP contribution < -0.4 is 0 Å². The minimum absolute atomic E-state index is 0.217. The molecule has 3 aromatic carbocycles. The third-order valence-corrected chi connectivity index (χ3v) is 8.37. The topological polar surface area (TPSA) is 23.5 Å². The number of fused-ring (bicyclic) bond motifs is 2. The molecule has 0 amide bonds. The number of aryl methyl sites for hydroxylation is 1. The van der Waals surface area contributed by atoms with Gasteiger partial charge in [-0.25, -0.2) is 0 Å².